The fourth-order valence-corrected chi connectivity index (χ4v) is 6.14. The quantitative estimate of drug-likeness (QED) is 0.335. The second-order valence-corrected chi connectivity index (χ2v) is 11.9. The average molecular weight is 540 g/mol. The Bertz CT molecular complexity index is 1490. The van der Waals surface area contributed by atoms with Crippen LogP contribution in [0, 0.1) is 5.92 Å². The van der Waals surface area contributed by atoms with Crippen LogP contribution in [0.3, 0.4) is 0 Å². The molecule has 1 aromatic heterocycles. The van der Waals surface area contributed by atoms with Gasteiger partial charge in [-0.2, -0.15) is 0 Å². The molecule has 4 rings (SSSR count). The van der Waals surface area contributed by atoms with Gasteiger partial charge in [0.25, 0.3) is 10.0 Å². The number of hydrogen-bond acceptors (Lipinski definition) is 6. The van der Waals surface area contributed by atoms with Gasteiger partial charge in [0.2, 0.25) is 0 Å². The summed E-state index contributed by atoms with van der Waals surface area (Å²) in [5.41, 5.74) is 1.11. The molecule has 1 aliphatic rings. The van der Waals surface area contributed by atoms with Crippen LogP contribution in [0.5, 0.6) is 5.75 Å². The molecule has 202 valence electrons. The predicted molar refractivity (Wildman–Crippen MR) is 144 cm³/mol. The number of carboxylic acids is 1. The van der Waals surface area contributed by atoms with Crippen molar-refractivity contribution in [1.82, 2.24) is 0 Å². The van der Waals surface area contributed by atoms with E-state index in [2.05, 4.69) is 4.72 Å². The maximum Gasteiger partial charge on any atom is 0.343 e. The van der Waals surface area contributed by atoms with Crippen molar-refractivity contribution in [3.63, 3.8) is 0 Å². The molecule has 3 aromatic rings. The summed E-state index contributed by atoms with van der Waals surface area (Å²) in [6.07, 6.45) is 5.72. The Morgan fingerprint density at radius 1 is 1.03 bits per heavy atom. The third-order valence-corrected chi connectivity index (χ3v) is 8.26. The number of nitrogens with one attached hydrogen (secondary N) is 1. The van der Waals surface area contributed by atoms with Crippen LogP contribution < -0.4 is 10.3 Å². The summed E-state index contributed by atoms with van der Waals surface area (Å²) in [5.74, 6) is -1.03. The lowest BCUT2D eigenvalue weighted by atomic mass is 9.83. The average Bonchev–Trinajstić information content (AvgIpc) is 2.84. The van der Waals surface area contributed by atoms with E-state index in [9.17, 15) is 28.2 Å². The molecule has 0 radical (unpaired) electrons. The number of hydrogen-bond donors (Lipinski definition) is 3. The second kappa shape index (κ2) is 11.4. The van der Waals surface area contributed by atoms with Crippen LogP contribution in [-0.4, -0.2) is 24.6 Å². The maximum atomic E-state index is 13.2. The first kappa shape index (κ1) is 27.4. The van der Waals surface area contributed by atoms with Gasteiger partial charge < -0.3 is 14.6 Å². The van der Waals surface area contributed by atoms with E-state index in [0.29, 0.717) is 36.1 Å². The number of carbonyl (C=O) groups is 1. The van der Waals surface area contributed by atoms with Crippen molar-refractivity contribution >= 4 is 21.7 Å². The van der Waals surface area contributed by atoms with Gasteiger partial charge in [0.15, 0.2) is 0 Å². The summed E-state index contributed by atoms with van der Waals surface area (Å²) in [6.45, 7) is 4.03. The highest BCUT2D eigenvalue weighted by atomic mass is 32.2. The summed E-state index contributed by atoms with van der Waals surface area (Å²) in [4.78, 5) is 24.3. The van der Waals surface area contributed by atoms with Crippen LogP contribution in [0.2, 0.25) is 0 Å². The molecule has 38 heavy (non-hydrogen) atoms. The molecule has 9 heteroatoms. The number of rotatable bonds is 8. The zero-order chi connectivity index (χ0) is 27.4. The molecule has 1 heterocycles. The fraction of sp³-hybridized carbons (Fsp3) is 0.379. The zero-order valence-electron chi connectivity index (χ0n) is 21.6. The first-order valence-electron chi connectivity index (χ1n) is 12.9. The Balaban J connectivity index is 1.74. The van der Waals surface area contributed by atoms with Crippen molar-refractivity contribution in [3.8, 4) is 5.75 Å². The molecule has 0 aliphatic heterocycles. The van der Waals surface area contributed by atoms with Crippen LogP contribution in [0.25, 0.3) is 0 Å². The van der Waals surface area contributed by atoms with Crippen molar-refractivity contribution in [2.75, 3.05) is 4.72 Å². The Hall–Kier alpha value is -3.59. The highest BCUT2D eigenvalue weighted by Gasteiger charge is 2.28. The molecule has 0 saturated heterocycles. The highest BCUT2D eigenvalue weighted by molar-refractivity contribution is 7.92. The summed E-state index contributed by atoms with van der Waals surface area (Å²) < 4.78 is 34.3. The molecule has 0 bridgehead atoms. The molecule has 0 saturated carbocycles. The molecule has 0 amide bonds. The number of aromatic carboxylic acids is 1. The van der Waals surface area contributed by atoms with E-state index in [-0.39, 0.29) is 33.4 Å². The number of carboxylic acid groups (broad SMARTS) is 1. The van der Waals surface area contributed by atoms with Crippen molar-refractivity contribution in [1.29, 1.82) is 0 Å². The van der Waals surface area contributed by atoms with Crippen molar-refractivity contribution < 1.29 is 27.8 Å². The van der Waals surface area contributed by atoms with E-state index in [1.165, 1.54) is 18.2 Å². The second-order valence-electron chi connectivity index (χ2n) is 10.2. The lowest BCUT2D eigenvalue weighted by Gasteiger charge is -2.23. The van der Waals surface area contributed by atoms with Gasteiger partial charge in [-0.1, -0.05) is 44.9 Å². The first-order valence-corrected chi connectivity index (χ1v) is 14.4. The number of benzene rings is 2. The number of aryl methyl sites for hydroxylation is 1. The molecular formula is C29H33NO7S. The van der Waals surface area contributed by atoms with Crippen LogP contribution in [0.1, 0.15) is 84.7 Å². The lowest BCUT2D eigenvalue weighted by Crippen LogP contribution is -2.19. The largest absolute Gasteiger partial charge is 0.507 e. The van der Waals surface area contributed by atoms with E-state index >= 15 is 0 Å². The molecule has 8 nitrogen and oxygen atoms in total. The molecular weight excluding hydrogens is 506 g/mol. The number of fused-ring (bicyclic) bond motifs is 1. The molecule has 2 aromatic carbocycles. The maximum absolute atomic E-state index is 13.2. The van der Waals surface area contributed by atoms with Gasteiger partial charge in [0.05, 0.1) is 16.0 Å². The Kier molecular flexibility index (Phi) is 8.26. The molecule has 3 N–H and O–H groups in total. The van der Waals surface area contributed by atoms with Crippen molar-refractivity contribution in [3.05, 3.63) is 87.0 Å². The Morgan fingerprint density at radius 2 is 1.74 bits per heavy atom. The number of aromatic hydroxyl groups is 1. The van der Waals surface area contributed by atoms with Crippen LogP contribution in [-0.2, 0) is 22.9 Å². The number of sulfonamides is 1. The minimum absolute atomic E-state index is 0.0136. The lowest BCUT2D eigenvalue weighted by molar-refractivity contribution is 0.0696. The van der Waals surface area contributed by atoms with Crippen molar-refractivity contribution in [2.24, 2.45) is 5.92 Å². The monoisotopic (exact) mass is 539 g/mol. The highest BCUT2D eigenvalue weighted by Crippen LogP contribution is 2.39. The van der Waals surface area contributed by atoms with Gasteiger partial charge in [-0.15, -0.1) is 0 Å². The third kappa shape index (κ3) is 6.10. The standard InChI is InChI=1S/C29H33NO7S/c1-18(2)15-24(26-27(31)23-13-5-3-4-6-14-25(23)37-29(26)34)19-9-7-11-21(16-19)30-38(35,36)22-12-8-10-20(17-22)28(32)33/h7-12,16-18,24,30-31H,3-6,13-15H2,1-2H3,(H,32,33). The first-order chi connectivity index (χ1) is 18.1. The molecule has 1 aliphatic carbocycles. The normalized spacial score (nSPS) is 14.8. The Labute approximate surface area is 222 Å². The molecule has 0 spiro atoms. The topological polar surface area (TPSA) is 134 Å². The minimum atomic E-state index is -4.08. The van der Waals surface area contributed by atoms with Gasteiger partial charge in [-0.3, -0.25) is 4.72 Å². The van der Waals surface area contributed by atoms with E-state index in [0.717, 1.165) is 31.7 Å². The predicted octanol–water partition coefficient (Wildman–Crippen LogP) is 5.68. The smallest absolute Gasteiger partial charge is 0.343 e. The van der Waals surface area contributed by atoms with E-state index < -0.39 is 27.5 Å². The van der Waals surface area contributed by atoms with Gasteiger partial charge in [-0.25, -0.2) is 18.0 Å². The van der Waals surface area contributed by atoms with Crippen LogP contribution in [0.15, 0.2) is 62.6 Å². The van der Waals surface area contributed by atoms with E-state index in [1.807, 2.05) is 13.8 Å². The van der Waals surface area contributed by atoms with Gasteiger partial charge in [0.1, 0.15) is 11.5 Å². The summed E-state index contributed by atoms with van der Waals surface area (Å²) in [6, 6.07) is 11.8. The summed E-state index contributed by atoms with van der Waals surface area (Å²) in [7, 11) is -4.08. The summed E-state index contributed by atoms with van der Waals surface area (Å²) in [5, 5.41) is 20.6. The van der Waals surface area contributed by atoms with Gasteiger partial charge >= 0.3 is 11.6 Å². The zero-order valence-corrected chi connectivity index (χ0v) is 22.4. The molecule has 0 fully saturated rings. The van der Waals surface area contributed by atoms with Crippen LogP contribution in [0.4, 0.5) is 5.69 Å². The fourth-order valence-electron chi connectivity index (χ4n) is 5.05. The minimum Gasteiger partial charge on any atom is -0.507 e. The van der Waals surface area contributed by atoms with Gasteiger partial charge in [-0.05, 0) is 67.5 Å². The third-order valence-electron chi connectivity index (χ3n) is 6.88. The van der Waals surface area contributed by atoms with Crippen LogP contribution >= 0.6 is 0 Å². The molecule has 1 unspecified atom stereocenters. The Morgan fingerprint density at radius 3 is 2.45 bits per heavy atom. The van der Waals surface area contributed by atoms with E-state index in [1.54, 1.807) is 24.3 Å². The number of anilines is 1. The van der Waals surface area contributed by atoms with E-state index in [4.69, 9.17) is 4.42 Å². The van der Waals surface area contributed by atoms with Crippen molar-refractivity contribution in [2.45, 2.75) is 69.6 Å². The van der Waals surface area contributed by atoms with Gasteiger partial charge in [0, 0.05) is 23.6 Å². The SMILES string of the molecule is CC(C)CC(c1cccc(NS(=O)(=O)c2cccc(C(=O)O)c2)c1)c1c(O)c2c(oc1=O)CCCCCC2. The summed E-state index contributed by atoms with van der Waals surface area (Å²) >= 11 is 0. The molecule has 1 atom stereocenters.